The molecule has 6 heteroatoms. The lowest BCUT2D eigenvalue weighted by atomic mass is 9.96. The number of benzene rings is 2. The Bertz CT molecular complexity index is 826. The number of nitrogens with zero attached hydrogens (tertiary/aromatic N) is 1. The van der Waals surface area contributed by atoms with E-state index in [9.17, 15) is 9.59 Å². The first-order valence-corrected chi connectivity index (χ1v) is 10.5. The second-order valence-corrected chi connectivity index (χ2v) is 7.93. The SMILES string of the molecule is COc1ccc(CN2CCC(CNC(=O)Cc3ccc(NC(C)=O)cc3)CC2)cc1. The molecule has 1 aliphatic rings. The minimum Gasteiger partial charge on any atom is -0.497 e. The summed E-state index contributed by atoms with van der Waals surface area (Å²) in [6, 6.07) is 15.6. The lowest BCUT2D eigenvalue weighted by Crippen LogP contribution is -2.38. The summed E-state index contributed by atoms with van der Waals surface area (Å²) < 4.78 is 5.21. The number of amides is 2. The molecule has 0 spiro atoms. The van der Waals surface area contributed by atoms with Crippen molar-refractivity contribution < 1.29 is 14.3 Å². The van der Waals surface area contributed by atoms with E-state index in [0.717, 1.165) is 56.0 Å². The first-order chi connectivity index (χ1) is 14.5. The minimum atomic E-state index is -0.101. The van der Waals surface area contributed by atoms with E-state index < -0.39 is 0 Å². The van der Waals surface area contributed by atoms with Gasteiger partial charge in [-0.2, -0.15) is 0 Å². The highest BCUT2D eigenvalue weighted by Crippen LogP contribution is 2.20. The molecular formula is C24H31N3O3. The largest absolute Gasteiger partial charge is 0.497 e. The number of piperidine rings is 1. The molecule has 0 aromatic heterocycles. The highest BCUT2D eigenvalue weighted by molar-refractivity contribution is 5.88. The van der Waals surface area contributed by atoms with E-state index in [1.807, 2.05) is 36.4 Å². The molecule has 2 amide bonds. The Labute approximate surface area is 178 Å². The monoisotopic (exact) mass is 409 g/mol. The van der Waals surface area contributed by atoms with Crippen LogP contribution in [0.4, 0.5) is 5.69 Å². The highest BCUT2D eigenvalue weighted by atomic mass is 16.5. The molecule has 0 aliphatic carbocycles. The zero-order chi connectivity index (χ0) is 21.3. The molecule has 6 nitrogen and oxygen atoms in total. The summed E-state index contributed by atoms with van der Waals surface area (Å²) in [6.45, 7) is 5.27. The predicted molar refractivity (Wildman–Crippen MR) is 118 cm³/mol. The standard InChI is InChI=1S/C24H31N3O3/c1-18(28)26-22-7-3-19(4-8-22)15-24(29)25-16-20-11-13-27(14-12-20)17-21-5-9-23(30-2)10-6-21/h3-10,20H,11-17H2,1-2H3,(H,25,29)(H,26,28). The van der Waals surface area contributed by atoms with Crippen LogP contribution in [0.3, 0.4) is 0 Å². The van der Waals surface area contributed by atoms with Crippen molar-refractivity contribution in [3.05, 3.63) is 59.7 Å². The average Bonchev–Trinajstić information content (AvgIpc) is 2.75. The van der Waals surface area contributed by atoms with Crippen LogP contribution in [-0.2, 0) is 22.6 Å². The van der Waals surface area contributed by atoms with Crippen molar-refractivity contribution in [1.82, 2.24) is 10.2 Å². The Morgan fingerprint density at radius 2 is 1.63 bits per heavy atom. The van der Waals surface area contributed by atoms with E-state index in [0.29, 0.717) is 12.3 Å². The molecule has 0 unspecified atom stereocenters. The van der Waals surface area contributed by atoms with Crippen molar-refractivity contribution in [2.24, 2.45) is 5.92 Å². The van der Waals surface area contributed by atoms with Gasteiger partial charge in [-0.25, -0.2) is 0 Å². The number of methoxy groups -OCH3 is 1. The van der Waals surface area contributed by atoms with Gasteiger partial charge in [-0.05, 0) is 67.2 Å². The third-order valence-corrected chi connectivity index (χ3v) is 5.50. The van der Waals surface area contributed by atoms with Gasteiger partial charge in [0.1, 0.15) is 5.75 Å². The summed E-state index contributed by atoms with van der Waals surface area (Å²) >= 11 is 0. The lowest BCUT2D eigenvalue weighted by Gasteiger charge is -2.32. The zero-order valence-corrected chi connectivity index (χ0v) is 17.8. The molecule has 3 rings (SSSR count). The number of carbonyl (C=O) groups is 2. The van der Waals surface area contributed by atoms with Gasteiger partial charge in [0.2, 0.25) is 11.8 Å². The molecule has 0 bridgehead atoms. The van der Waals surface area contributed by atoms with Crippen molar-refractivity contribution >= 4 is 17.5 Å². The third kappa shape index (κ3) is 6.88. The third-order valence-electron chi connectivity index (χ3n) is 5.50. The fraction of sp³-hybridized carbons (Fsp3) is 0.417. The Balaban J connectivity index is 1.35. The van der Waals surface area contributed by atoms with Crippen LogP contribution in [-0.4, -0.2) is 43.5 Å². The second-order valence-electron chi connectivity index (χ2n) is 7.93. The number of carbonyl (C=O) groups excluding carboxylic acids is 2. The molecule has 2 aromatic rings. The maximum atomic E-state index is 12.3. The summed E-state index contributed by atoms with van der Waals surface area (Å²) in [4.78, 5) is 25.8. The van der Waals surface area contributed by atoms with Crippen LogP contribution in [0.15, 0.2) is 48.5 Å². The van der Waals surface area contributed by atoms with E-state index >= 15 is 0 Å². The molecule has 160 valence electrons. The molecule has 1 aliphatic heterocycles. The van der Waals surface area contributed by atoms with Gasteiger partial charge in [0.15, 0.2) is 0 Å². The van der Waals surface area contributed by atoms with E-state index in [-0.39, 0.29) is 11.8 Å². The Morgan fingerprint density at radius 3 is 2.23 bits per heavy atom. The van der Waals surface area contributed by atoms with E-state index in [2.05, 4.69) is 27.7 Å². The number of anilines is 1. The normalized spacial score (nSPS) is 14.9. The molecule has 2 aromatic carbocycles. The number of hydrogen-bond acceptors (Lipinski definition) is 4. The quantitative estimate of drug-likeness (QED) is 0.702. The molecule has 30 heavy (non-hydrogen) atoms. The van der Waals surface area contributed by atoms with Crippen LogP contribution in [0, 0.1) is 5.92 Å². The van der Waals surface area contributed by atoms with Crippen molar-refractivity contribution in [2.45, 2.75) is 32.7 Å². The number of hydrogen-bond donors (Lipinski definition) is 2. The topological polar surface area (TPSA) is 70.7 Å². The number of likely N-dealkylation sites (tertiary alicyclic amines) is 1. The Morgan fingerprint density at radius 1 is 1.00 bits per heavy atom. The maximum absolute atomic E-state index is 12.3. The van der Waals surface area contributed by atoms with Crippen LogP contribution < -0.4 is 15.4 Å². The number of nitrogens with one attached hydrogen (secondary N) is 2. The zero-order valence-electron chi connectivity index (χ0n) is 17.8. The van der Waals surface area contributed by atoms with Crippen LogP contribution >= 0.6 is 0 Å². The fourth-order valence-corrected chi connectivity index (χ4v) is 3.75. The van der Waals surface area contributed by atoms with Crippen molar-refractivity contribution in [3.63, 3.8) is 0 Å². The Kier molecular flexibility index (Phi) is 7.85. The second kappa shape index (κ2) is 10.8. The van der Waals surface area contributed by atoms with Crippen LogP contribution in [0.1, 0.15) is 30.9 Å². The molecule has 0 radical (unpaired) electrons. The van der Waals surface area contributed by atoms with E-state index in [1.54, 1.807) is 7.11 Å². The number of rotatable bonds is 8. The van der Waals surface area contributed by atoms with Gasteiger partial charge in [0.05, 0.1) is 13.5 Å². The molecule has 1 heterocycles. The van der Waals surface area contributed by atoms with Gasteiger partial charge in [-0.1, -0.05) is 24.3 Å². The smallest absolute Gasteiger partial charge is 0.224 e. The van der Waals surface area contributed by atoms with Crippen LogP contribution in [0.25, 0.3) is 0 Å². The summed E-state index contributed by atoms with van der Waals surface area (Å²) in [5.74, 6) is 1.36. The summed E-state index contributed by atoms with van der Waals surface area (Å²) in [5, 5.41) is 5.81. The maximum Gasteiger partial charge on any atom is 0.224 e. The minimum absolute atomic E-state index is 0.0444. The van der Waals surface area contributed by atoms with Crippen molar-refractivity contribution in [2.75, 3.05) is 32.1 Å². The van der Waals surface area contributed by atoms with Gasteiger partial charge in [0.25, 0.3) is 0 Å². The molecule has 1 saturated heterocycles. The number of ether oxygens (including phenoxy) is 1. The fourth-order valence-electron chi connectivity index (χ4n) is 3.75. The summed E-state index contributed by atoms with van der Waals surface area (Å²) in [6.07, 6.45) is 2.56. The first-order valence-electron chi connectivity index (χ1n) is 10.5. The van der Waals surface area contributed by atoms with Gasteiger partial charge in [-0.3, -0.25) is 14.5 Å². The van der Waals surface area contributed by atoms with Crippen LogP contribution in [0.5, 0.6) is 5.75 Å². The first kappa shape index (κ1) is 21.8. The van der Waals surface area contributed by atoms with Gasteiger partial charge in [0, 0.05) is 25.7 Å². The summed E-state index contributed by atoms with van der Waals surface area (Å²) in [7, 11) is 1.68. The molecule has 0 saturated carbocycles. The summed E-state index contributed by atoms with van der Waals surface area (Å²) in [5.41, 5.74) is 2.98. The lowest BCUT2D eigenvalue weighted by molar-refractivity contribution is -0.120. The van der Waals surface area contributed by atoms with Crippen molar-refractivity contribution in [1.29, 1.82) is 0 Å². The van der Waals surface area contributed by atoms with Gasteiger partial charge >= 0.3 is 0 Å². The predicted octanol–water partition coefficient (Wildman–Crippen LogP) is 3.22. The van der Waals surface area contributed by atoms with Crippen LogP contribution in [0.2, 0.25) is 0 Å². The molecule has 1 fully saturated rings. The molecular weight excluding hydrogens is 378 g/mol. The van der Waals surface area contributed by atoms with Gasteiger partial charge < -0.3 is 15.4 Å². The molecule has 2 N–H and O–H groups in total. The molecule has 0 atom stereocenters. The van der Waals surface area contributed by atoms with E-state index in [1.165, 1.54) is 12.5 Å². The highest BCUT2D eigenvalue weighted by Gasteiger charge is 2.19. The average molecular weight is 410 g/mol. The van der Waals surface area contributed by atoms with Gasteiger partial charge in [-0.15, -0.1) is 0 Å². The Hall–Kier alpha value is -2.86. The van der Waals surface area contributed by atoms with E-state index in [4.69, 9.17) is 4.74 Å². The van der Waals surface area contributed by atoms with Crippen molar-refractivity contribution in [3.8, 4) is 5.75 Å².